The average Bonchev–Trinajstić information content (AvgIpc) is 2.47. The molecule has 0 spiro atoms. The van der Waals surface area contributed by atoms with Crippen molar-refractivity contribution in [1.29, 1.82) is 0 Å². The number of nitrogens with zero attached hydrogens (tertiary/aromatic N) is 1. The third-order valence-electron chi connectivity index (χ3n) is 3.30. The normalized spacial score (nSPS) is 13.9. The number of methoxy groups -OCH3 is 1. The summed E-state index contributed by atoms with van der Waals surface area (Å²) in [5, 5.41) is 3.31. The molecule has 4 nitrogen and oxygen atoms in total. The predicted molar refractivity (Wildman–Crippen MR) is 76.8 cm³/mol. The fourth-order valence-electron chi connectivity index (χ4n) is 2.27. The minimum atomic E-state index is 0.679. The van der Waals surface area contributed by atoms with Crippen LogP contribution in [0.3, 0.4) is 0 Å². The summed E-state index contributed by atoms with van der Waals surface area (Å²) in [5.41, 5.74) is 3.30. The molecule has 0 atom stereocenters. The first-order chi connectivity index (χ1) is 9.28. The number of fused-ring (bicyclic) bond motifs is 1. The molecule has 0 aliphatic carbocycles. The monoisotopic (exact) mass is 273 g/mol. The molecule has 0 fully saturated rings. The molecule has 19 heavy (non-hydrogen) atoms. The van der Waals surface area contributed by atoms with E-state index in [1.807, 2.05) is 24.3 Å². The quantitative estimate of drug-likeness (QED) is 0.825. The van der Waals surface area contributed by atoms with E-state index in [-0.39, 0.29) is 0 Å². The molecule has 0 saturated carbocycles. The van der Waals surface area contributed by atoms with Crippen molar-refractivity contribution in [3.05, 3.63) is 40.2 Å². The van der Waals surface area contributed by atoms with Crippen molar-refractivity contribution < 1.29 is 4.74 Å². The van der Waals surface area contributed by atoms with E-state index < -0.39 is 0 Å². The molecule has 98 valence electrons. The smallest absolute Gasteiger partial charge is 0.139 e. The SMILES string of the molecule is COc1cccc(-c2nc(=S)c3c([nH]2)CCNC3)c1. The summed E-state index contributed by atoms with van der Waals surface area (Å²) in [5.74, 6) is 1.63. The van der Waals surface area contributed by atoms with Crippen LogP contribution in [0.2, 0.25) is 0 Å². The second kappa shape index (κ2) is 5.11. The third-order valence-corrected chi connectivity index (χ3v) is 3.64. The van der Waals surface area contributed by atoms with Crippen molar-refractivity contribution in [3.63, 3.8) is 0 Å². The lowest BCUT2D eigenvalue weighted by molar-refractivity contribution is 0.415. The summed E-state index contributed by atoms with van der Waals surface area (Å²) < 4.78 is 5.92. The highest BCUT2D eigenvalue weighted by Crippen LogP contribution is 2.23. The summed E-state index contributed by atoms with van der Waals surface area (Å²) in [6.07, 6.45) is 0.957. The topological polar surface area (TPSA) is 49.9 Å². The van der Waals surface area contributed by atoms with Crippen LogP contribution in [0.1, 0.15) is 11.3 Å². The van der Waals surface area contributed by atoms with E-state index in [4.69, 9.17) is 17.0 Å². The fraction of sp³-hybridized carbons (Fsp3) is 0.286. The van der Waals surface area contributed by atoms with Crippen molar-refractivity contribution in [2.45, 2.75) is 13.0 Å². The molecular formula is C14H15N3OS. The molecule has 2 heterocycles. The number of H-pyrrole nitrogens is 1. The van der Waals surface area contributed by atoms with E-state index in [0.29, 0.717) is 4.64 Å². The Labute approximate surface area is 116 Å². The van der Waals surface area contributed by atoms with E-state index in [1.54, 1.807) is 7.11 Å². The zero-order valence-corrected chi connectivity index (χ0v) is 11.5. The maximum absolute atomic E-state index is 5.39. The van der Waals surface area contributed by atoms with Crippen molar-refractivity contribution in [2.24, 2.45) is 0 Å². The van der Waals surface area contributed by atoms with E-state index in [2.05, 4.69) is 15.3 Å². The number of nitrogens with one attached hydrogen (secondary N) is 2. The van der Waals surface area contributed by atoms with Crippen LogP contribution < -0.4 is 10.1 Å². The number of ether oxygens (including phenoxy) is 1. The molecule has 1 aromatic heterocycles. The van der Waals surface area contributed by atoms with Gasteiger partial charge in [0, 0.05) is 36.3 Å². The molecule has 0 bridgehead atoms. The van der Waals surface area contributed by atoms with Crippen molar-refractivity contribution in [1.82, 2.24) is 15.3 Å². The van der Waals surface area contributed by atoms with Gasteiger partial charge in [0.2, 0.25) is 0 Å². The Balaban J connectivity index is 2.10. The fourth-order valence-corrected chi connectivity index (χ4v) is 2.56. The number of hydrogen-bond donors (Lipinski definition) is 2. The Hall–Kier alpha value is -1.72. The molecule has 0 radical (unpaired) electrons. The highest BCUT2D eigenvalue weighted by atomic mass is 32.1. The Bertz CT molecular complexity index is 666. The van der Waals surface area contributed by atoms with Crippen LogP contribution in [0.4, 0.5) is 0 Å². The van der Waals surface area contributed by atoms with Gasteiger partial charge in [-0.1, -0.05) is 24.4 Å². The number of hydrogen-bond acceptors (Lipinski definition) is 4. The van der Waals surface area contributed by atoms with E-state index in [0.717, 1.165) is 42.2 Å². The summed E-state index contributed by atoms with van der Waals surface area (Å²) >= 11 is 5.39. The Kier molecular flexibility index (Phi) is 3.31. The maximum atomic E-state index is 5.39. The van der Waals surface area contributed by atoms with E-state index in [9.17, 15) is 0 Å². The average molecular weight is 273 g/mol. The molecule has 1 aliphatic heterocycles. The second-order valence-electron chi connectivity index (χ2n) is 4.51. The number of rotatable bonds is 2. The first-order valence-corrected chi connectivity index (χ1v) is 6.66. The maximum Gasteiger partial charge on any atom is 0.139 e. The molecule has 1 aliphatic rings. The van der Waals surface area contributed by atoms with Crippen LogP contribution >= 0.6 is 12.2 Å². The van der Waals surface area contributed by atoms with Gasteiger partial charge in [-0.15, -0.1) is 0 Å². The molecule has 1 aromatic carbocycles. The van der Waals surface area contributed by atoms with Crippen LogP contribution in [0, 0.1) is 4.64 Å². The lowest BCUT2D eigenvalue weighted by Gasteiger charge is -2.17. The number of aromatic amines is 1. The molecule has 2 N–H and O–H groups in total. The Morgan fingerprint density at radius 3 is 3.11 bits per heavy atom. The van der Waals surface area contributed by atoms with Gasteiger partial charge in [0.25, 0.3) is 0 Å². The van der Waals surface area contributed by atoms with Gasteiger partial charge >= 0.3 is 0 Å². The molecule has 5 heteroatoms. The Morgan fingerprint density at radius 1 is 1.37 bits per heavy atom. The minimum absolute atomic E-state index is 0.679. The molecule has 0 unspecified atom stereocenters. The van der Waals surface area contributed by atoms with Crippen LogP contribution in [0.5, 0.6) is 5.75 Å². The van der Waals surface area contributed by atoms with Gasteiger partial charge in [0.15, 0.2) is 0 Å². The van der Waals surface area contributed by atoms with Crippen LogP contribution in [-0.4, -0.2) is 23.6 Å². The summed E-state index contributed by atoms with van der Waals surface area (Å²) in [7, 11) is 1.66. The van der Waals surface area contributed by atoms with Crippen LogP contribution in [-0.2, 0) is 13.0 Å². The van der Waals surface area contributed by atoms with Crippen molar-refractivity contribution >= 4 is 12.2 Å². The summed E-state index contributed by atoms with van der Waals surface area (Å²) in [4.78, 5) is 7.90. The lowest BCUT2D eigenvalue weighted by Crippen LogP contribution is -2.25. The summed E-state index contributed by atoms with van der Waals surface area (Å²) in [6.45, 7) is 1.77. The molecule has 2 aromatic rings. The van der Waals surface area contributed by atoms with Gasteiger partial charge in [-0.25, -0.2) is 4.98 Å². The number of benzene rings is 1. The van der Waals surface area contributed by atoms with Crippen molar-refractivity contribution in [3.8, 4) is 17.1 Å². The molecule has 0 amide bonds. The zero-order valence-electron chi connectivity index (χ0n) is 10.7. The van der Waals surface area contributed by atoms with Gasteiger partial charge in [0.05, 0.1) is 7.11 Å². The summed E-state index contributed by atoms with van der Waals surface area (Å²) in [6, 6.07) is 7.83. The van der Waals surface area contributed by atoms with Gasteiger partial charge in [-0.3, -0.25) is 0 Å². The standard InChI is InChI=1S/C14H15N3OS/c1-18-10-4-2-3-9(7-10)13-16-12-5-6-15-8-11(12)14(19)17-13/h2-4,7,15H,5-6,8H2,1H3,(H,16,17,19). The van der Waals surface area contributed by atoms with Gasteiger partial charge in [0.1, 0.15) is 16.2 Å². The first-order valence-electron chi connectivity index (χ1n) is 6.25. The van der Waals surface area contributed by atoms with Crippen LogP contribution in [0.15, 0.2) is 24.3 Å². The molecule has 0 saturated heterocycles. The van der Waals surface area contributed by atoms with E-state index in [1.165, 1.54) is 5.69 Å². The van der Waals surface area contributed by atoms with E-state index >= 15 is 0 Å². The Morgan fingerprint density at radius 2 is 2.26 bits per heavy atom. The zero-order chi connectivity index (χ0) is 13.2. The van der Waals surface area contributed by atoms with Gasteiger partial charge < -0.3 is 15.0 Å². The number of aromatic nitrogens is 2. The van der Waals surface area contributed by atoms with Crippen molar-refractivity contribution in [2.75, 3.05) is 13.7 Å². The highest BCUT2D eigenvalue weighted by molar-refractivity contribution is 7.71. The predicted octanol–water partition coefficient (Wildman–Crippen LogP) is 2.46. The lowest BCUT2D eigenvalue weighted by atomic mass is 10.1. The largest absolute Gasteiger partial charge is 0.497 e. The van der Waals surface area contributed by atoms with Gasteiger partial charge in [-0.2, -0.15) is 0 Å². The first kappa shape index (κ1) is 12.3. The molecule has 3 rings (SSSR count). The minimum Gasteiger partial charge on any atom is -0.497 e. The molecular weight excluding hydrogens is 258 g/mol. The second-order valence-corrected chi connectivity index (χ2v) is 4.89. The van der Waals surface area contributed by atoms with Crippen LogP contribution in [0.25, 0.3) is 11.4 Å². The third kappa shape index (κ3) is 2.39. The highest BCUT2D eigenvalue weighted by Gasteiger charge is 2.13. The van der Waals surface area contributed by atoms with Gasteiger partial charge in [-0.05, 0) is 12.1 Å².